The monoisotopic (exact) mass is 354 g/mol. The number of likely N-dealkylation sites (tertiary alicyclic amines) is 1. The van der Waals surface area contributed by atoms with Gasteiger partial charge in [-0.05, 0) is 33.6 Å². The summed E-state index contributed by atoms with van der Waals surface area (Å²) in [6, 6.07) is 0. The Balaban J connectivity index is 1.83. The molecule has 0 aromatic carbocycles. The molecule has 1 aliphatic heterocycles. The summed E-state index contributed by atoms with van der Waals surface area (Å²) in [4.78, 5) is 26.0. The van der Waals surface area contributed by atoms with Gasteiger partial charge < -0.3 is 15.0 Å². The molecule has 0 radical (unpaired) electrons. The number of nitrogens with zero attached hydrogens (tertiary/aromatic N) is 3. The Hall–Kier alpha value is -1.70. The number of nitrogens with one attached hydrogen (secondary N) is 1. The van der Waals surface area contributed by atoms with Crippen molar-refractivity contribution in [2.75, 3.05) is 18.4 Å². The van der Waals surface area contributed by atoms with E-state index in [-0.39, 0.29) is 17.9 Å². The lowest BCUT2D eigenvalue weighted by atomic mass is 9.96. The zero-order chi connectivity index (χ0) is 17.9. The summed E-state index contributed by atoms with van der Waals surface area (Å²) < 4.78 is 5.36. The van der Waals surface area contributed by atoms with Gasteiger partial charge in [-0.1, -0.05) is 25.2 Å². The average Bonchev–Trinajstić information content (AvgIpc) is 2.94. The van der Waals surface area contributed by atoms with Crippen LogP contribution < -0.4 is 5.32 Å². The number of carbonyl (C=O) groups is 2. The Morgan fingerprint density at radius 1 is 1.25 bits per heavy atom. The molecule has 2 amide bonds. The molecule has 1 aliphatic rings. The van der Waals surface area contributed by atoms with Crippen molar-refractivity contribution in [1.29, 1.82) is 0 Å². The maximum Gasteiger partial charge on any atom is 0.410 e. The highest BCUT2D eigenvalue weighted by Gasteiger charge is 2.30. The third-order valence-corrected chi connectivity index (χ3v) is 4.82. The van der Waals surface area contributed by atoms with E-state index < -0.39 is 5.60 Å². The molecule has 2 heterocycles. The number of hydrogen-bond donors (Lipinski definition) is 1. The van der Waals surface area contributed by atoms with E-state index in [1.807, 2.05) is 34.6 Å². The molecule has 1 N–H and O–H groups in total. The van der Waals surface area contributed by atoms with Gasteiger partial charge in [-0.25, -0.2) is 4.79 Å². The van der Waals surface area contributed by atoms with Crippen molar-refractivity contribution in [3.8, 4) is 0 Å². The standard InChI is InChI=1S/C16H26N4O3S/c1-10(2)13-18-19-14(24-13)17-12(21)11-6-8-20(9-7-11)15(22)23-16(3,4)5/h10-11H,6-9H2,1-5H3,(H,17,19,21). The van der Waals surface area contributed by atoms with E-state index in [2.05, 4.69) is 15.5 Å². The topological polar surface area (TPSA) is 84.4 Å². The molecule has 2 rings (SSSR count). The number of ether oxygens (including phenoxy) is 1. The van der Waals surface area contributed by atoms with Crippen LogP contribution in [0.3, 0.4) is 0 Å². The summed E-state index contributed by atoms with van der Waals surface area (Å²) in [6.45, 7) is 10.7. The Morgan fingerprint density at radius 3 is 2.38 bits per heavy atom. The van der Waals surface area contributed by atoms with Crippen LogP contribution in [-0.2, 0) is 9.53 Å². The van der Waals surface area contributed by atoms with Crippen LogP contribution in [0.25, 0.3) is 0 Å². The molecule has 1 aromatic heterocycles. The molecule has 0 bridgehead atoms. The van der Waals surface area contributed by atoms with Crippen molar-refractivity contribution in [2.45, 2.75) is 59.0 Å². The van der Waals surface area contributed by atoms with Crippen molar-refractivity contribution < 1.29 is 14.3 Å². The third-order valence-electron chi connectivity index (χ3n) is 3.68. The van der Waals surface area contributed by atoms with Crippen LogP contribution in [0.2, 0.25) is 0 Å². The molecule has 7 nitrogen and oxygen atoms in total. The summed E-state index contributed by atoms with van der Waals surface area (Å²) >= 11 is 1.41. The first-order valence-corrected chi connectivity index (χ1v) is 9.09. The minimum atomic E-state index is -0.503. The molecule has 1 fully saturated rings. The van der Waals surface area contributed by atoms with Crippen molar-refractivity contribution in [3.05, 3.63) is 5.01 Å². The van der Waals surface area contributed by atoms with Crippen molar-refractivity contribution in [2.24, 2.45) is 5.92 Å². The first-order chi connectivity index (χ1) is 11.2. The summed E-state index contributed by atoms with van der Waals surface area (Å²) in [5.74, 6) is 0.130. The Labute approximate surface area is 146 Å². The van der Waals surface area contributed by atoms with Gasteiger partial charge in [0.25, 0.3) is 0 Å². The zero-order valence-corrected chi connectivity index (χ0v) is 15.8. The van der Waals surface area contributed by atoms with Crippen LogP contribution in [0.15, 0.2) is 0 Å². The van der Waals surface area contributed by atoms with Gasteiger partial charge in [-0.15, -0.1) is 10.2 Å². The molecular weight excluding hydrogens is 328 g/mol. The predicted molar refractivity (Wildman–Crippen MR) is 93.2 cm³/mol. The van der Waals surface area contributed by atoms with Crippen LogP contribution in [-0.4, -0.2) is 45.8 Å². The van der Waals surface area contributed by atoms with Crippen LogP contribution in [0.1, 0.15) is 58.4 Å². The molecule has 24 heavy (non-hydrogen) atoms. The number of rotatable bonds is 3. The molecule has 1 aromatic rings. The molecule has 8 heteroatoms. The molecular formula is C16H26N4O3S. The zero-order valence-electron chi connectivity index (χ0n) is 15.0. The normalized spacial score (nSPS) is 16.3. The molecule has 0 atom stereocenters. The fraction of sp³-hybridized carbons (Fsp3) is 0.750. The minimum Gasteiger partial charge on any atom is -0.444 e. The number of amides is 2. The van der Waals surface area contributed by atoms with E-state index in [1.165, 1.54) is 11.3 Å². The van der Waals surface area contributed by atoms with Gasteiger partial charge in [0, 0.05) is 24.9 Å². The first-order valence-electron chi connectivity index (χ1n) is 8.28. The number of anilines is 1. The van der Waals surface area contributed by atoms with Crippen molar-refractivity contribution >= 4 is 28.5 Å². The van der Waals surface area contributed by atoms with E-state index in [0.717, 1.165) is 5.01 Å². The van der Waals surface area contributed by atoms with Gasteiger partial charge in [0.2, 0.25) is 11.0 Å². The van der Waals surface area contributed by atoms with Gasteiger partial charge in [-0.3, -0.25) is 4.79 Å². The third kappa shape index (κ3) is 5.15. The highest BCUT2D eigenvalue weighted by atomic mass is 32.1. The highest BCUT2D eigenvalue weighted by Crippen LogP contribution is 2.25. The van der Waals surface area contributed by atoms with E-state index in [1.54, 1.807) is 4.90 Å². The number of aromatic nitrogens is 2. The summed E-state index contributed by atoms with van der Waals surface area (Å²) in [5.41, 5.74) is -0.503. The van der Waals surface area contributed by atoms with Crippen molar-refractivity contribution in [3.63, 3.8) is 0 Å². The second kappa shape index (κ2) is 7.46. The minimum absolute atomic E-state index is 0.0507. The van der Waals surface area contributed by atoms with Gasteiger partial charge in [-0.2, -0.15) is 0 Å². The number of piperidine rings is 1. The second-order valence-corrected chi connectivity index (χ2v) is 8.34. The molecule has 0 aliphatic carbocycles. The Morgan fingerprint density at radius 2 is 1.88 bits per heavy atom. The average molecular weight is 354 g/mol. The van der Waals surface area contributed by atoms with E-state index >= 15 is 0 Å². The Kier molecular flexibility index (Phi) is 5.79. The maximum atomic E-state index is 12.3. The van der Waals surface area contributed by atoms with Crippen LogP contribution in [0.4, 0.5) is 9.93 Å². The van der Waals surface area contributed by atoms with Gasteiger partial charge >= 0.3 is 6.09 Å². The van der Waals surface area contributed by atoms with Gasteiger partial charge in [0.05, 0.1) is 0 Å². The summed E-state index contributed by atoms with van der Waals surface area (Å²) in [5, 5.41) is 12.4. The fourth-order valence-electron chi connectivity index (χ4n) is 2.38. The lowest BCUT2D eigenvalue weighted by molar-refractivity contribution is -0.121. The molecule has 0 saturated carbocycles. The second-order valence-electron chi connectivity index (χ2n) is 7.33. The lowest BCUT2D eigenvalue weighted by Gasteiger charge is -2.32. The molecule has 1 saturated heterocycles. The van der Waals surface area contributed by atoms with E-state index in [9.17, 15) is 9.59 Å². The SMILES string of the molecule is CC(C)c1nnc(NC(=O)C2CCN(C(=O)OC(C)(C)C)CC2)s1. The predicted octanol–water partition coefficient (Wildman–Crippen LogP) is 3.25. The molecule has 134 valence electrons. The molecule has 0 unspecified atom stereocenters. The van der Waals surface area contributed by atoms with Gasteiger partial charge in [0.1, 0.15) is 10.6 Å². The molecule has 0 spiro atoms. The fourth-order valence-corrected chi connectivity index (χ4v) is 3.13. The largest absolute Gasteiger partial charge is 0.444 e. The lowest BCUT2D eigenvalue weighted by Crippen LogP contribution is -2.43. The highest BCUT2D eigenvalue weighted by molar-refractivity contribution is 7.15. The smallest absolute Gasteiger partial charge is 0.410 e. The first kappa shape index (κ1) is 18.6. The Bertz CT molecular complexity index is 586. The van der Waals surface area contributed by atoms with Crippen LogP contribution >= 0.6 is 11.3 Å². The number of hydrogen-bond acceptors (Lipinski definition) is 6. The van der Waals surface area contributed by atoms with Crippen LogP contribution in [0.5, 0.6) is 0 Å². The van der Waals surface area contributed by atoms with Crippen molar-refractivity contribution in [1.82, 2.24) is 15.1 Å². The van der Waals surface area contributed by atoms with Crippen LogP contribution in [0, 0.1) is 5.92 Å². The van der Waals surface area contributed by atoms with E-state index in [0.29, 0.717) is 37.0 Å². The quantitative estimate of drug-likeness (QED) is 0.901. The maximum absolute atomic E-state index is 12.3. The van der Waals surface area contributed by atoms with E-state index in [4.69, 9.17) is 4.74 Å². The summed E-state index contributed by atoms with van der Waals surface area (Å²) in [7, 11) is 0. The number of carbonyl (C=O) groups excluding carboxylic acids is 2. The van der Waals surface area contributed by atoms with Gasteiger partial charge in [0.15, 0.2) is 0 Å². The summed E-state index contributed by atoms with van der Waals surface area (Å²) in [6.07, 6.45) is 0.939.